The van der Waals surface area contributed by atoms with Crippen molar-refractivity contribution in [1.29, 1.82) is 0 Å². The summed E-state index contributed by atoms with van der Waals surface area (Å²) in [5, 5.41) is 2.98. The van der Waals surface area contributed by atoms with Gasteiger partial charge in [0.25, 0.3) is 5.91 Å². The van der Waals surface area contributed by atoms with Gasteiger partial charge in [-0.15, -0.1) is 0 Å². The highest BCUT2D eigenvalue weighted by molar-refractivity contribution is 6.06. The zero-order chi connectivity index (χ0) is 24.5. The van der Waals surface area contributed by atoms with Gasteiger partial charge in [0.2, 0.25) is 5.91 Å². The van der Waals surface area contributed by atoms with E-state index in [9.17, 15) is 14.0 Å². The third kappa shape index (κ3) is 7.21. The van der Waals surface area contributed by atoms with E-state index in [0.717, 1.165) is 44.0 Å². The molecule has 0 atom stereocenters. The summed E-state index contributed by atoms with van der Waals surface area (Å²) in [6.45, 7) is 4.93. The second-order valence-corrected chi connectivity index (χ2v) is 8.54. The minimum absolute atomic E-state index is 0.0681. The van der Waals surface area contributed by atoms with E-state index < -0.39 is 5.82 Å². The van der Waals surface area contributed by atoms with E-state index in [1.165, 1.54) is 18.2 Å². The van der Waals surface area contributed by atoms with Crippen molar-refractivity contribution in [2.75, 3.05) is 44.3 Å². The van der Waals surface area contributed by atoms with Crippen LogP contribution >= 0.6 is 0 Å². The summed E-state index contributed by atoms with van der Waals surface area (Å²) >= 11 is 0. The number of hydrogen-bond acceptors (Lipinski definition) is 4. The lowest BCUT2D eigenvalue weighted by Gasteiger charge is -2.26. The van der Waals surface area contributed by atoms with Gasteiger partial charge in [-0.2, -0.15) is 0 Å². The van der Waals surface area contributed by atoms with Crippen LogP contribution < -0.4 is 10.2 Å². The van der Waals surface area contributed by atoms with Crippen molar-refractivity contribution in [3.05, 3.63) is 101 Å². The molecule has 1 heterocycles. The van der Waals surface area contributed by atoms with Gasteiger partial charge in [0.15, 0.2) is 0 Å². The third-order valence-corrected chi connectivity index (χ3v) is 5.94. The molecule has 4 rings (SSSR count). The summed E-state index contributed by atoms with van der Waals surface area (Å²) in [6, 6.07) is 22.7. The summed E-state index contributed by atoms with van der Waals surface area (Å²) in [4.78, 5) is 29.8. The molecule has 0 spiro atoms. The maximum Gasteiger partial charge on any atom is 0.258 e. The molecule has 35 heavy (non-hydrogen) atoms. The summed E-state index contributed by atoms with van der Waals surface area (Å²) in [6.07, 6.45) is 0.213. The largest absolute Gasteiger partial charge is 0.379 e. The number of ether oxygens (including phenoxy) is 1. The SMILES string of the molecule is O=C(Cc1cccc(N(Cc2ccccc2)C(=O)c2cccc(F)c2)c1)NCCN1CCOCC1. The van der Waals surface area contributed by atoms with Crippen molar-refractivity contribution < 1.29 is 18.7 Å². The second kappa shape index (κ2) is 12.2. The summed E-state index contributed by atoms with van der Waals surface area (Å²) < 4.78 is 19.2. The molecule has 0 radical (unpaired) electrons. The molecule has 3 aromatic rings. The van der Waals surface area contributed by atoms with Crippen molar-refractivity contribution in [2.24, 2.45) is 0 Å². The number of benzene rings is 3. The van der Waals surface area contributed by atoms with E-state index >= 15 is 0 Å². The van der Waals surface area contributed by atoms with E-state index in [4.69, 9.17) is 4.74 Å². The van der Waals surface area contributed by atoms with Gasteiger partial charge in [0.1, 0.15) is 5.82 Å². The van der Waals surface area contributed by atoms with E-state index in [1.807, 2.05) is 54.6 Å². The fourth-order valence-corrected chi connectivity index (χ4v) is 4.08. The van der Waals surface area contributed by atoms with Crippen LogP contribution in [0.2, 0.25) is 0 Å². The lowest BCUT2D eigenvalue weighted by Crippen LogP contribution is -2.41. The maximum atomic E-state index is 13.8. The molecule has 1 aliphatic heterocycles. The lowest BCUT2D eigenvalue weighted by molar-refractivity contribution is -0.120. The summed E-state index contributed by atoms with van der Waals surface area (Å²) in [5.41, 5.74) is 2.67. The Kier molecular flexibility index (Phi) is 8.59. The molecule has 0 bridgehead atoms. The molecular weight excluding hydrogens is 445 g/mol. The molecule has 6 nitrogen and oxygen atoms in total. The topological polar surface area (TPSA) is 61.9 Å². The van der Waals surface area contributed by atoms with Crippen LogP contribution in [-0.2, 0) is 22.5 Å². The molecule has 1 fully saturated rings. The quantitative estimate of drug-likeness (QED) is 0.513. The minimum Gasteiger partial charge on any atom is -0.379 e. The Morgan fingerprint density at radius 3 is 2.43 bits per heavy atom. The van der Waals surface area contributed by atoms with Crippen molar-refractivity contribution in [3.63, 3.8) is 0 Å². The van der Waals surface area contributed by atoms with E-state index in [-0.39, 0.29) is 23.8 Å². The predicted molar refractivity (Wildman–Crippen MR) is 134 cm³/mol. The van der Waals surface area contributed by atoms with Gasteiger partial charge in [-0.1, -0.05) is 48.5 Å². The number of hydrogen-bond donors (Lipinski definition) is 1. The van der Waals surface area contributed by atoms with Crippen LogP contribution in [0, 0.1) is 5.82 Å². The highest BCUT2D eigenvalue weighted by Crippen LogP contribution is 2.22. The molecule has 7 heteroatoms. The molecule has 0 aromatic heterocycles. The number of carbonyl (C=O) groups is 2. The number of nitrogens with one attached hydrogen (secondary N) is 1. The smallest absolute Gasteiger partial charge is 0.258 e. The molecule has 0 aliphatic carbocycles. The number of anilines is 1. The van der Waals surface area contributed by atoms with Crippen molar-refractivity contribution in [3.8, 4) is 0 Å². The van der Waals surface area contributed by atoms with Crippen LogP contribution in [0.25, 0.3) is 0 Å². The average Bonchev–Trinajstić information content (AvgIpc) is 2.88. The van der Waals surface area contributed by atoms with Gasteiger partial charge in [-0.3, -0.25) is 14.5 Å². The van der Waals surface area contributed by atoms with Gasteiger partial charge in [0.05, 0.1) is 26.2 Å². The highest BCUT2D eigenvalue weighted by Gasteiger charge is 2.19. The van der Waals surface area contributed by atoms with Crippen LogP contribution in [0.5, 0.6) is 0 Å². The van der Waals surface area contributed by atoms with Gasteiger partial charge < -0.3 is 15.0 Å². The molecular formula is C28H30FN3O3. The Bertz CT molecular complexity index is 1130. The molecule has 0 unspecified atom stereocenters. The highest BCUT2D eigenvalue weighted by atomic mass is 19.1. The second-order valence-electron chi connectivity index (χ2n) is 8.54. The monoisotopic (exact) mass is 475 g/mol. The average molecular weight is 476 g/mol. The molecule has 0 saturated carbocycles. The fourth-order valence-electron chi connectivity index (χ4n) is 4.08. The standard InChI is InChI=1S/C28H30FN3O3/c29-25-10-5-9-24(20-25)28(34)32(21-22-6-2-1-3-7-22)26-11-4-8-23(18-26)19-27(33)30-12-13-31-14-16-35-17-15-31/h1-11,18,20H,12-17,19,21H2,(H,30,33). The first-order valence-electron chi connectivity index (χ1n) is 11.9. The zero-order valence-corrected chi connectivity index (χ0v) is 19.7. The first-order chi connectivity index (χ1) is 17.1. The number of carbonyl (C=O) groups excluding carboxylic acids is 2. The van der Waals surface area contributed by atoms with Gasteiger partial charge in [-0.05, 0) is 41.5 Å². The van der Waals surface area contributed by atoms with Crippen LogP contribution in [0.3, 0.4) is 0 Å². The van der Waals surface area contributed by atoms with Crippen molar-refractivity contribution in [1.82, 2.24) is 10.2 Å². The maximum absolute atomic E-state index is 13.8. The molecule has 2 amide bonds. The Labute approximate surface area is 205 Å². The van der Waals surface area contributed by atoms with E-state index in [2.05, 4.69) is 10.2 Å². The Hall–Kier alpha value is -3.55. The third-order valence-electron chi connectivity index (χ3n) is 5.94. The number of halogens is 1. The predicted octanol–water partition coefficient (Wildman–Crippen LogP) is 3.66. The molecule has 1 aliphatic rings. The van der Waals surface area contributed by atoms with E-state index in [0.29, 0.717) is 18.8 Å². The van der Waals surface area contributed by atoms with Gasteiger partial charge >= 0.3 is 0 Å². The van der Waals surface area contributed by atoms with Gasteiger partial charge in [0, 0.05) is 37.4 Å². The van der Waals surface area contributed by atoms with Crippen LogP contribution in [-0.4, -0.2) is 56.1 Å². The summed E-state index contributed by atoms with van der Waals surface area (Å²) in [7, 11) is 0. The normalized spacial score (nSPS) is 13.9. The Balaban J connectivity index is 1.46. The van der Waals surface area contributed by atoms with E-state index in [1.54, 1.807) is 11.0 Å². The summed E-state index contributed by atoms with van der Waals surface area (Å²) in [5.74, 6) is -0.833. The van der Waals surface area contributed by atoms with Crippen LogP contribution in [0.4, 0.5) is 10.1 Å². The first-order valence-corrected chi connectivity index (χ1v) is 11.9. The molecule has 182 valence electrons. The zero-order valence-electron chi connectivity index (χ0n) is 19.7. The number of rotatable bonds is 9. The lowest BCUT2D eigenvalue weighted by atomic mass is 10.1. The number of morpholine rings is 1. The number of nitrogens with zero attached hydrogens (tertiary/aromatic N) is 2. The van der Waals surface area contributed by atoms with Crippen LogP contribution in [0.15, 0.2) is 78.9 Å². The Morgan fingerprint density at radius 2 is 1.66 bits per heavy atom. The molecule has 1 saturated heterocycles. The van der Waals surface area contributed by atoms with Gasteiger partial charge in [-0.25, -0.2) is 4.39 Å². The minimum atomic E-state index is -0.460. The van der Waals surface area contributed by atoms with Crippen LogP contribution in [0.1, 0.15) is 21.5 Å². The van der Waals surface area contributed by atoms with Crippen molar-refractivity contribution in [2.45, 2.75) is 13.0 Å². The fraction of sp³-hybridized carbons (Fsp3) is 0.286. The molecule has 3 aromatic carbocycles. The molecule has 1 N–H and O–H groups in total. The van der Waals surface area contributed by atoms with Crippen molar-refractivity contribution >= 4 is 17.5 Å². The number of amides is 2. The Morgan fingerprint density at radius 1 is 0.914 bits per heavy atom. The first kappa shape index (κ1) is 24.6.